The summed E-state index contributed by atoms with van der Waals surface area (Å²) in [6.45, 7) is 9.54. The SMILES string of the molecule is CCC1(CC)CC(=O)N(C2CCOc3ccc(C(=O)O)cc32)C(=NC(=O)OC(C)(C)C)N1. The van der Waals surface area contributed by atoms with Crippen LogP contribution in [0.4, 0.5) is 4.79 Å². The molecule has 174 valence electrons. The monoisotopic (exact) mass is 445 g/mol. The van der Waals surface area contributed by atoms with Crippen LogP contribution in [0, 0.1) is 0 Å². The van der Waals surface area contributed by atoms with Crippen LogP contribution >= 0.6 is 0 Å². The van der Waals surface area contributed by atoms with Gasteiger partial charge in [-0.2, -0.15) is 0 Å². The number of nitrogens with zero attached hydrogens (tertiary/aromatic N) is 2. The third kappa shape index (κ3) is 4.87. The van der Waals surface area contributed by atoms with E-state index in [4.69, 9.17) is 9.47 Å². The van der Waals surface area contributed by atoms with E-state index in [0.717, 1.165) is 0 Å². The molecule has 1 aromatic rings. The van der Waals surface area contributed by atoms with E-state index in [2.05, 4.69) is 10.3 Å². The first-order valence-electron chi connectivity index (χ1n) is 10.9. The van der Waals surface area contributed by atoms with Crippen LogP contribution in [-0.4, -0.2) is 51.7 Å². The highest BCUT2D eigenvalue weighted by Gasteiger charge is 2.44. The summed E-state index contributed by atoms with van der Waals surface area (Å²) < 4.78 is 11.1. The summed E-state index contributed by atoms with van der Waals surface area (Å²) in [7, 11) is 0. The summed E-state index contributed by atoms with van der Waals surface area (Å²) in [6.07, 6.45) is 1.21. The van der Waals surface area contributed by atoms with Gasteiger partial charge in [0.2, 0.25) is 11.9 Å². The molecule has 1 atom stereocenters. The molecule has 0 radical (unpaired) electrons. The van der Waals surface area contributed by atoms with Crippen molar-refractivity contribution < 1.29 is 29.0 Å². The Kier molecular flexibility index (Phi) is 6.48. The second-order valence-corrected chi connectivity index (χ2v) is 9.18. The molecule has 9 heteroatoms. The number of fused-ring (bicyclic) bond motifs is 1. The van der Waals surface area contributed by atoms with E-state index in [0.29, 0.717) is 37.2 Å². The zero-order valence-corrected chi connectivity index (χ0v) is 19.2. The van der Waals surface area contributed by atoms with Crippen molar-refractivity contribution >= 4 is 23.9 Å². The van der Waals surface area contributed by atoms with Crippen LogP contribution in [0.3, 0.4) is 0 Å². The predicted molar refractivity (Wildman–Crippen MR) is 118 cm³/mol. The first-order chi connectivity index (χ1) is 15.0. The summed E-state index contributed by atoms with van der Waals surface area (Å²) >= 11 is 0. The maximum atomic E-state index is 13.4. The number of benzene rings is 1. The fourth-order valence-electron chi connectivity index (χ4n) is 4.06. The van der Waals surface area contributed by atoms with Gasteiger partial charge in [0.1, 0.15) is 11.4 Å². The normalized spacial score (nSPS) is 21.4. The van der Waals surface area contributed by atoms with Gasteiger partial charge in [-0.15, -0.1) is 4.99 Å². The van der Waals surface area contributed by atoms with Gasteiger partial charge in [0, 0.05) is 17.5 Å². The number of nitrogens with one attached hydrogen (secondary N) is 1. The Balaban J connectivity index is 2.07. The summed E-state index contributed by atoms with van der Waals surface area (Å²) in [5.74, 6) is -0.622. The number of aliphatic imine (C=N–C) groups is 1. The van der Waals surface area contributed by atoms with Crippen molar-refractivity contribution in [3.8, 4) is 5.75 Å². The van der Waals surface area contributed by atoms with Crippen molar-refractivity contribution in [2.75, 3.05) is 6.61 Å². The fourth-order valence-corrected chi connectivity index (χ4v) is 4.06. The van der Waals surface area contributed by atoms with Crippen molar-refractivity contribution in [2.24, 2.45) is 4.99 Å². The molecule has 1 saturated heterocycles. The Bertz CT molecular complexity index is 946. The molecule has 2 N–H and O–H groups in total. The van der Waals surface area contributed by atoms with Gasteiger partial charge >= 0.3 is 12.1 Å². The summed E-state index contributed by atoms with van der Waals surface area (Å²) in [5.41, 5.74) is -0.591. The lowest BCUT2D eigenvalue weighted by Crippen LogP contribution is -2.63. The topological polar surface area (TPSA) is 118 Å². The number of carboxylic acids is 1. The molecule has 2 amide bonds. The van der Waals surface area contributed by atoms with E-state index in [1.54, 1.807) is 26.8 Å². The first kappa shape index (κ1) is 23.6. The van der Waals surface area contributed by atoms with Crippen LogP contribution in [0.1, 0.15) is 82.3 Å². The van der Waals surface area contributed by atoms with E-state index >= 15 is 0 Å². The number of aromatic carboxylic acids is 1. The smallest absolute Gasteiger partial charge is 0.437 e. The van der Waals surface area contributed by atoms with Gasteiger partial charge in [-0.3, -0.25) is 9.69 Å². The minimum atomic E-state index is -1.07. The van der Waals surface area contributed by atoms with Gasteiger partial charge in [-0.1, -0.05) is 13.8 Å². The highest BCUT2D eigenvalue weighted by molar-refractivity contribution is 6.04. The van der Waals surface area contributed by atoms with E-state index in [1.165, 1.54) is 17.0 Å². The average molecular weight is 446 g/mol. The lowest BCUT2D eigenvalue weighted by molar-refractivity contribution is -0.133. The van der Waals surface area contributed by atoms with Gasteiger partial charge in [-0.05, 0) is 51.8 Å². The molecule has 2 heterocycles. The Morgan fingerprint density at radius 1 is 1.31 bits per heavy atom. The second kappa shape index (κ2) is 8.80. The molecule has 3 rings (SSSR count). The largest absolute Gasteiger partial charge is 0.493 e. The Morgan fingerprint density at radius 2 is 2.00 bits per heavy atom. The molecule has 1 fully saturated rings. The molecule has 0 aliphatic carbocycles. The van der Waals surface area contributed by atoms with Gasteiger partial charge in [0.25, 0.3) is 0 Å². The zero-order valence-electron chi connectivity index (χ0n) is 19.2. The quantitative estimate of drug-likeness (QED) is 0.722. The third-order valence-corrected chi connectivity index (χ3v) is 5.88. The van der Waals surface area contributed by atoms with E-state index < -0.39 is 29.2 Å². The summed E-state index contributed by atoms with van der Waals surface area (Å²) in [4.78, 5) is 43.1. The Morgan fingerprint density at radius 3 is 2.59 bits per heavy atom. The number of ether oxygens (including phenoxy) is 2. The molecule has 0 aromatic heterocycles. The van der Waals surface area contributed by atoms with Crippen LogP contribution in [0.5, 0.6) is 5.75 Å². The Hall–Kier alpha value is -3.10. The highest BCUT2D eigenvalue weighted by Crippen LogP contribution is 2.39. The molecule has 0 spiro atoms. The number of carboxylic acid groups (broad SMARTS) is 1. The van der Waals surface area contributed by atoms with Crippen LogP contribution in [0.15, 0.2) is 23.2 Å². The van der Waals surface area contributed by atoms with Gasteiger partial charge in [0.15, 0.2) is 0 Å². The van der Waals surface area contributed by atoms with Crippen molar-refractivity contribution in [1.29, 1.82) is 0 Å². The third-order valence-electron chi connectivity index (χ3n) is 5.88. The van der Waals surface area contributed by atoms with E-state index in [1.807, 2.05) is 13.8 Å². The molecular formula is C23H31N3O6. The molecule has 1 unspecified atom stereocenters. The summed E-state index contributed by atoms with van der Waals surface area (Å²) in [6, 6.07) is 4.06. The molecule has 32 heavy (non-hydrogen) atoms. The standard InChI is InChI=1S/C23H31N3O6/c1-6-23(7-2)13-18(27)26(20(25-23)24-21(30)32-22(3,4)5)16-10-11-31-17-9-8-14(19(28)29)12-15(16)17/h8-9,12,16H,6-7,10-11,13H2,1-5H3,(H,28,29)(H,24,25,30). The van der Waals surface area contributed by atoms with Crippen LogP contribution < -0.4 is 10.1 Å². The lowest BCUT2D eigenvalue weighted by atomic mass is 9.85. The number of rotatable bonds is 4. The molecular weight excluding hydrogens is 414 g/mol. The van der Waals surface area contributed by atoms with Crippen LogP contribution in [0.25, 0.3) is 0 Å². The van der Waals surface area contributed by atoms with Crippen molar-refractivity contribution in [3.05, 3.63) is 29.3 Å². The fraction of sp³-hybridized carbons (Fsp3) is 0.565. The highest BCUT2D eigenvalue weighted by atomic mass is 16.6. The number of guanidine groups is 1. The average Bonchev–Trinajstić information content (AvgIpc) is 2.71. The minimum Gasteiger partial charge on any atom is -0.493 e. The molecule has 9 nitrogen and oxygen atoms in total. The zero-order chi connectivity index (χ0) is 23.7. The van der Waals surface area contributed by atoms with Crippen molar-refractivity contribution in [1.82, 2.24) is 10.2 Å². The molecule has 0 bridgehead atoms. The van der Waals surface area contributed by atoms with Gasteiger partial charge in [0.05, 0.1) is 24.6 Å². The number of hydrogen-bond donors (Lipinski definition) is 2. The lowest BCUT2D eigenvalue weighted by Gasteiger charge is -2.46. The number of carbonyl (C=O) groups excluding carboxylic acids is 2. The molecule has 2 aliphatic heterocycles. The molecule has 2 aliphatic rings. The molecule has 1 aromatic carbocycles. The number of carbonyl (C=O) groups is 3. The van der Waals surface area contributed by atoms with Crippen molar-refractivity contribution in [3.63, 3.8) is 0 Å². The van der Waals surface area contributed by atoms with Crippen molar-refractivity contribution in [2.45, 2.75) is 77.5 Å². The van der Waals surface area contributed by atoms with E-state index in [9.17, 15) is 19.5 Å². The molecule has 0 saturated carbocycles. The number of amides is 2. The van der Waals surface area contributed by atoms with Crippen LogP contribution in [0.2, 0.25) is 0 Å². The maximum absolute atomic E-state index is 13.4. The van der Waals surface area contributed by atoms with Crippen LogP contribution in [-0.2, 0) is 9.53 Å². The number of hydrogen-bond acceptors (Lipinski definition) is 5. The van der Waals surface area contributed by atoms with Gasteiger partial charge < -0.3 is 19.9 Å². The maximum Gasteiger partial charge on any atom is 0.437 e. The Labute approximate surface area is 187 Å². The van der Waals surface area contributed by atoms with Gasteiger partial charge in [-0.25, -0.2) is 9.59 Å². The first-order valence-corrected chi connectivity index (χ1v) is 10.9. The predicted octanol–water partition coefficient (Wildman–Crippen LogP) is 3.88. The summed E-state index contributed by atoms with van der Waals surface area (Å²) in [5, 5.41) is 12.8. The van der Waals surface area contributed by atoms with E-state index in [-0.39, 0.29) is 23.9 Å². The second-order valence-electron chi connectivity index (χ2n) is 9.18. The minimum absolute atomic E-state index is 0.0961.